The van der Waals surface area contributed by atoms with Crippen LogP contribution in [0.5, 0.6) is 0 Å². The van der Waals surface area contributed by atoms with Crippen molar-refractivity contribution in [3.63, 3.8) is 0 Å². The molecule has 0 aliphatic heterocycles. The Labute approximate surface area is 113 Å². The Kier molecular flexibility index (Phi) is 4.31. The molecule has 0 aliphatic carbocycles. The molecule has 0 unspecified atom stereocenters. The van der Waals surface area contributed by atoms with Gasteiger partial charge in [-0.1, -0.05) is 0 Å². The number of anilines is 1. The maximum Gasteiger partial charge on any atom is 0.350 e. The van der Waals surface area contributed by atoms with Gasteiger partial charge in [-0.05, 0) is 0 Å². The zero-order valence-electron chi connectivity index (χ0n) is 10.6. The molecule has 4 N–H and O–H groups in total. The van der Waals surface area contributed by atoms with E-state index in [0.717, 1.165) is 0 Å². The summed E-state index contributed by atoms with van der Waals surface area (Å²) in [5.41, 5.74) is 6.54. The number of nitrogen functional groups attached to an aromatic ring is 1. The van der Waals surface area contributed by atoms with Crippen molar-refractivity contribution in [3.05, 3.63) is 12.7 Å². The van der Waals surface area contributed by atoms with Crippen LogP contribution < -0.4 is 5.73 Å². The van der Waals surface area contributed by atoms with E-state index in [0.29, 0.717) is 11.2 Å². The molecule has 0 spiro atoms. The van der Waals surface area contributed by atoms with Gasteiger partial charge in [0.25, 0.3) is 0 Å². The second kappa shape index (κ2) is 5.81. The average Bonchev–Trinajstić information content (AvgIpc) is 2.79. The molecule has 1 atom stereocenters. The van der Waals surface area contributed by atoms with Gasteiger partial charge in [0.2, 0.25) is 0 Å². The van der Waals surface area contributed by atoms with Crippen LogP contribution in [0.3, 0.4) is 0 Å². The maximum atomic E-state index is 10.7. The minimum Gasteiger partial charge on any atom is -0.382 e. The summed E-state index contributed by atoms with van der Waals surface area (Å²) in [4.78, 5) is 29.4. The summed E-state index contributed by atoms with van der Waals surface area (Å²) in [6.07, 6.45) is 1.42. The first-order valence-corrected chi connectivity index (χ1v) is 7.30. The molecule has 2 aromatic rings. The van der Waals surface area contributed by atoms with E-state index in [2.05, 4.69) is 15.0 Å². The summed E-state index contributed by atoms with van der Waals surface area (Å²) in [7, 11) is -2.78. The zero-order valence-corrected chi connectivity index (χ0v) is 11.5. The van der Waals surface area contributed by atoms with Gasteiger partial charge in [0.1, 0.15) is 18.2 Å². The Bertz CT molecular complexity index is 641. The first-order chi connectivity index (χ1) is 9.42. The molecule has 2 aromatic heterocycles. The second-order valence-electron chi connectivity index (χ2n) is 3.94. The predicted octanol–water partition coefficient (Wildman–Crippen LogP) is -0.295. The number of fused-ring (bicyclic) bond motifs is 1. The van der Waals surface area contributed by atoms with Gasteiger partial charge in [-0.15, -0.1) is 0 Å². The number of aromatic nitrogens is 4. The third-order valence-electron chi connectivity index (χ3n) is 2.49. The minimum absolute atomic E-state index is 0.0724. The third-order valence-corrected chi connectivity index (χ3v) is 3.01. The number of rotatable bonds is 6. The molecule has 20 heavy (non-hydrogen) atoms. The average molecular weight is 303 g/mol. The van der Waals surface area contributed by atoms with Crippen LogP contribution in [0.2, 0.25) is 0 Å². The van der Waals surface area contributed by atoms with Gasteiger partial charge in [-0.2, -0.15) is 0 Å². The molecule has 0 saturated heterocycles. The summed E-state index contributed by atoms with van der Waals surface area (Å²) >= 11 is 0. The number of hydrogen-bond donors (Lipinski definition) is 3. The summed E-state index contributed by atoms with van der Waals surface area (Å²) in [6, 6.07) is 0. The summed E-state index contributed by atoms with van der Waals surface area (Å²) < 4.78 is 22.4. The highest BCUT2D eigenvalue weighted by atomic mass is 31.2. The van der Waals surface area contributed by atoms with Gasteiger partial charge in [-0.25, -0.2) is 15.0 Å². The van der Waals surface area contributed by atoms with Crippen LogP contribution in [0.4, 0.5) is 5.82 Å². The topological polar surface area (TPSA) is 146 Å². The number of nitrogens with zero attached hydrogens (tertiary/aromatic N) is 4. The SMILES string of the molecule is CO[C@H](COCP(=O)(O)O)n1cnc2c(N)ncnc21. The molecular formula is C9H14N5O5P. The van der Waals surface area contributed by atoms with Crippen molar-refractivity contribution in [3.8, 4) is 0 Å². The predicted molar refractivity (Wildman–Crippen MR) is 68.6 cm³/mol. The van der Waals surface area contributed by atoms with Crippen LogP contribution in [-0.4, -0.2) is 49.4 Å². The number of hydrogen-bond acceptors (Lipinski definition) is 7. The van der Waals surface area contributed by atoms with Crippen molar-refractivity contribution in [2.24, 2.45) is 0 Å². The standard InChI is InChI=1S/C9H14N5O5P/c1-18-6(2-19-5-20(15,16)17)14-4-13-7-8(10)11-3-12-9(7)14/h3-4,6H,2,5H2,1H3,(H2,10,11,12)(H2,15,16,17)/t6-/m1/s1. The summed E-state index contributed by atoms with van der Waals surface area (Å²) in [5.74, 6) is 0.236. The second-order valence-corrected chi connectivity index (χ2v) is 5.53. The van der Waals surface area contributed by atoms with Gasteiger partial charge < -0.3 is 25.0 Å². The Balaban J connectivity index is 2.18. The minimum atomic E-state index is -4.21. The van der Waals surface area contributed by atoms with E-state index in [4.69, 9.17) is 25.0 Å². The number of methoxy groups -OCH3 is 1. The Morgan fingerprint density at radius 1 is 1.45 bits per heavy atom. The van der Waals surface area contributed by atoms with Crippen molar-refractivity contribution in [1.82, 2.24) is 19.5 Å². The monoisotopic (exact) mass is 303 g/mol. The number of ether oxygens (including phenoxy) is 2. The quantitative estimate of drug-likeness (QED) is 0.612. The fourth-order valence-electron chi connectivity index (χ4n) is 1.62. The normalized spacial score (nSPS) is 13.8. The fourth-order valence-corrected chi connectivity index (χ4v) is 1.96. The Morgan fingerprint density at radius 3 is 2.85 bits per heavy atom. The molecule has 110 valence electrons. The summed E-state index contributed by atoms with van der Waals surface area (Å²) in [6.45, 7) is -0.0724. The molecule has 2 heterocycles. The van der Waals surface area contributed by atoms with Gasteiger partial charge in [0.05, 0.1) is 12.9 Å². The number of nitrogens with two attached hydrogens (primary N) is 1. The highest BCUT2D eigenvalue weighted by Gasteiger charge is 2.19. The number of imidazole rings is 1. The molecule has 0 bridgehead atoms. The molecule has 10 nitrogen and oxygen atoms in total. The van der Waals surface area contributed by atoms with Gasteiger partial charge in [0, 0.05) is 7.11 Å². The maximum absolute atomic E-state index is 10.7. The van der Waals surface area contributed by atoms with Crippen LogP contribution >= 0.6 is 7.60 Å². The molecule has 0 aliphatic rings. The molecule has 0 saturated carbocycles. The van der Waals surface area contributed by atoms with Gasteiger partial charge >= 0.3 is 7.60 Å². The van der Waals surface area contributed by atoms with Crippen LogP contribution in [0.25, 0.3) is 11.2 Å². The highest BCUT2D eigenvalue weighted by molar-refractivity contribution is 7.51. The molecule has 11 heteroatoms. The van der Waals surface area contributed by atoms with E-state index in [1.807, 2.05) is 0 Å². The van der Waals surface area contributed by atoms with Crippen molar-refractivity contribution in [2.75, 3.05) is 25.8 Å². The van der Waals surface area contributed by atoms with Gasteiger partial charge in [-0.3, -0.25) is 9.13 Å². The summed E-state index contributed by atoms with van der Waals surface area (Å²) in [5, 5.41) is 0. The lowest BCUT2D eigenvalue weighted by atomic mass is 10.5. The van der Waals surface area contributed by atoms with Crippen LogP contribution in [0, 0.1) is 0 Å². The molecule has 0 aromatic carbocycles. The van der Waals surface area contributed by atoms with E-state index in [9.17, 15) is 4.57 Å². The zero-order chi connectivity index (χ0) is 14.8. The van der Waals surface area contributed by atoms with Gasteiger partial charge in [0.15, 0.2) is 17.7 Å². The molecule has 0 amide bonds. The fraction of sp³-hybridized carbons (Fsp3) is 0.444. The molecule has 0 fully saturated rings. The third kappa shape index (κ3) is 3.30. The molecular weight excluding hydrogens is 289 g/mol. The van der Waals surface area contributed by atoms with E-state index < -0.39 is 20.2 Å². The lowest BCUT2D eigenvalue weighted by Gasteiger charge is -2.17. The largest absolute Gasteiger partial charge is 0.382 e. The van der Waals surface area contributed by atoms with Crippen LogP contribution in [0.1, 0.15) is 6.23 Å². The highest BCUT2D eigenvalue weighted by Crippen LogP contribution is 2.34. The Hall–Kier alpha value is -1.58. The lowest BCUT2D eigenvalue weighted by Crippen LogP contribution is -2.17. The van der Waals surface area contributed by atoms with Crippen LogP contribution in [-0.2, 0) is 14.0 Å². The van der Waals surface area contributed by atoms with Crippen LogP contribution in [0.15, 0.2) is 12.7 Å². The Morgan fingerprint density at radius 2 is 2.20 bits per heavy atom. The van der Waals surface area contributed by atoms with Crippen molar-refractivity contribution in [1.29, 1.82) is 0 Å². The van der Waals surface area contributed by atoms with Crippen molar-refractivity contribution >= 4 is 24.6 Å². The smallest absolute Gasteiger partial charge is 0.350 e. The van der Waals surface area contributed by atoms with Crippen molar-refractivity contribution < 1.29 is 23.8 Å². The van der Waals surface area contributed by atoms with E-state index in [1.54, 1.807) is 4.57 Å². The molecule has 0 radical (unpaired) electrons. The molecule has 2 rings (SSSR count). The van der Waals surface area contributed by atoms with E-state index in [1.165, 1.54) is 19.8 Å². The first-order valence-electron chi connectivity index (χ1n) is 5.50. The van der Waals surface area contributed by atoms with E-state index >= 15 is 0 Å². The lowest BCUT2D eigenvalue weighted by molar-refractivity contribution is -0.0233. The first kappa shape index (κ1) is 14.8. The van der Waals surface area contributed by atoms with E-state index in [-0.39, 0.29) is 12.4 Å². The van der Waals surface area contributed by atoms with Crippen molar-refractivity contribution in [2.45, 2.75) is 6.23 Å².